The molecule has 1 N–H and O–H groups in total. The Morgan fingerprint density at radius 1 is 1.50 bits per heavy atom. The molecule has 1 aliphatic rings. The molecule has 1 heterocycles. The van der Waals surface area contributed by atoms with Crippen molar-refractivity contribution in [2.75, 3.05) is 0 Å². The summed E-state index contributed by atoms with van der Waals surface area (Å²) in [6.45, 7) is 15.9. The molecule has 1 fully saturated rings. The van der Waals surface area contributed by atoms with Crippen LogP contribution in [0.1, 0.15) is 41.0 Å². The molecule has 0 bridgehead atoms. The summed E-state index contributed by atoms with van der Waals surface area (Å²) in [4.78, 5) is 13.9. The van der Waals surface area contributed by atoms with Gasteiger partial charge in [-0.25, -0.2) is 9.18 Å². The van der Waals surface area contributed by atoms with E-state index in [0.717, 1.165) is 6.08 Å². The average Bonchev–Trinajstić information content (AvgIpc) is 2.29. The fourth-order valence-corrected chi connectivity index (χ4v) is 2.65. The molecule has 1 rings (SSSR count). The van der Waals surface area contributed by atoms with Gasteiger partial charge in [0.05, 0.1) is 12.1 Å². The second kappa shape index (κ2) is 6.24. The van der Waals surface area contributed by atoms with Crippen LogP contribution in [-0.4, -0.2) is 39.4 Å². The molecule has 1 aliphatic heterocycles. The van der Waals surface area contributed by atoms with Crippen LogP contribution in [0, 0.1) is 0 Å². The number of likely N-dealkylation sites (tertiary alicyclic amines) is 1. The molecular weight excluding hydrogens is 285 g/mol. The molecule has 0 aromatic rings. The van der Waals surface area contributed by atoms with Gasteiger partial charge in [0.2, 0.25) is 0 Å². The molecule has 4 nitrogen and oxygen atoms in total. The lowest BCUT2D eigenvalue weighted by molar-refractivity contribution is -0.0950. The second-order valence-corrected chi connectivity index (χ2v) is 7.17. The fraction of sp³-hybridized carbons (Fsp3) is 0.588. The Hall–Kier alpha value is -1.62. The highest BCUT2D eigenvalue weighted by Gasteiger charge is 2.52. The van der Waals surface area contributed by atoms with Crippen LogP contribution in [0.4, 0.5) is 9.18 Å². The van der Waals surface area contributed by atoms with Crippen LogP contribution in [0.3, 0.4) is 0 Å². The predicted octanol–water partition coefficient (Wildman–Crippen LogP) is 3.73. The van der Waals surface area contributed by atoms with Gasteiger partial charge >= 0.3 is 6.09 Å². The monoisotopic (exact) mass is 311 g/mol. The first-order chi connectivity index (χ1) is 9.89. The van der Waals surface area contributed by atoms with Crippen LogP contribution in [0.15, 0.2) is 36.7 Å². The summed E-state index contributed by atoms with van der Waals surface area (Å²) in [5.74, 6) is -0.670. The van der Waals surface area contributed by atoms with Gasteiger partial charge in [-0.15, -0.1) is 0 Å². The molecule has 0 radical (unpaired) electrons. The van der Waals surface area contributed by atoms with E-state index in [2.05, 4.69) is 13.2 Å². The Morgan fingerprint density at radius 2 is 2.05 bits per heavy atom. The van der Waals surface area contributed by atoms with Crippen molar-refractivity contribution in [3.63, 3.8) is 0 Å². The lowest BCUT2D eigenvalue weighted by Crippen LogP contribution is -2.69. The van der Waals surface area contributed by atoms with Crippen LogP contribution in [0.5, 0.6) is 0 Å². The highest BCUT2D eigenvalue weighted by molar-refractivity contribution is 5.71. The normalized spacial score (nSPS) is 22.6. The van der Waals surface area contributed by atoms with Gasteiger partial charge in [-0.05, 0) is 52.7 Å². The summed E-state index contributed by atoms with van der Waals surface area (Å²) in [6.07, 6.45) is 1.54. The fourth-order valence-electron chi connectivity index (χ4n) is 2.65. The number of ether oxygens (including phenoxy) is 1. The number of carbonyl (C=O) groups is 1. The zero-order valence-corrected chi connectivity index (χ0v) is 14.0. The molecule has 0 aliphatic carbocycles. The number of halogens is 1. The third-order valence-electron chi connectivity index (χ3n) is 3.55. The average molecular weight is 311 g/mol. The summed E-state index contributed by atoms with van der Waals surface area (Å²) in [6, 6.07) is -0.478. The van der Waals surface area contributed by atoms with E-state index in [0.29, 0.717) is 12.0 Å². The van der Waals surface area contributed by atoms with Gasteiger partial charge in [-0.3, -0.25) is 4.90 Å². The Labute approximate surface area is 131 Å². The summed E-state index contributed by atoms with van der Waals surface area (Å²) in [7, 11) is 0. The maximum absolute atomic E-state index is 13.0. The number of nitrogens with zero attached hydrogens (tertiary/aromatic N) is 1. The quantitative estimate of drug-likeness (QED) is 0.805. The van der Waals surface area contributed by atoms with Crippen LogP contribution in [0.2, 0.25) is 0 Å². The van der Waals surface area contributed by atoms with Crippen molar-refractivity contribution in [3.05, 3.63) is 36.7 Å². The highest BCUT2D eigenvalue weighted by atomic mass is 19.1. The lowest BCUT2D eigenvalue weighted by atomic mass is 9.77. The number of aliphatic hydroxyl groups is 1. The van der Waals surface area contributed by atoms with E-state index < -0.39 is 35.2 Å². The molecule has 2 atom stereocenters. The van der Waals surface area contributed by atoms with Gasteiger partial charge in [-0.1, -0.05) is 19.2 Å². The van der Waals surface area contributed by atoms with E-state index in [1.54, 1.807) is 20.8 Å². The van der Waals surface area contributed by atoms with Crippen molar-refractivity contribution in [2.24, 2.45) is 0 Å². The molecule has 0 aromatic heterocycles. The van der Waals surface area contributed by atoms with Crippen molar-refractivity contribution in [1.29, 1.82) is 0 Å². The Balaban J connectivity index is 2.98. The van der Waals surface area contributed by atoms with Gasteiger partial charge in [0.1, 0.15) is 11.4 Å². The standard InChI is InChI=1S/C17H26FNO3/c1-8-12(9-11(2)18)14(20)13-10-17(6,7)19(13)15(21)22-16(3,4)5/h8-9,13-14,20H,1-2,10H2,3-7H3/b12-9+/t13-,14-/m1/s1. The van der Waals surface area contributed by atoms with Crippen LogP contribution < -0.4 is 0 Å². The lowest BCUT2D eigenvalue weighted by Gasteiger charge is -2.56. The minimum atomic E-state index is -1.04. The van der Waals surface area contributed by atoms with Gasteiger partial charge in [0.25, 0.3) is 0 Å². The van der Waals surface area contributed by atoms with E-state index >= 15 is 0 Å². The van der Waals surface area contributed by atoms with Crippen molar-refractivity contribution >= 4 is 6.09 Å². The van der Waals surface area contributed by atoms with Crippen LogP contribution >= 0.6 is 0 Å². The molecular formula is C17H26FNO3. The second-order valence-electron chi connectivity index (χ2n) is 7.17. The topological polar surface area (TPSA) is 49.8 Å². The summed E-state index contributed by atoms with van der Waals surface area (Å²) < 4.78 is 18.4. The number of amides is 1. The van der Waals surface area contributed by atoms with Crippen molar-refractivity contribution in [3.8, 4) is 0 Å². The smallest absolute Gasteiger partial charge is 0.411 e. The Bertz CT molecular complexity index is 503. The number of rotatable bonds is 4. The summed E-state index contributed by atoms with van der Waals surface area (Å²) >= 11 is 0. The molecule has 0 unspecified atom stereocenters. The first-order valence-electron chi connectivity index (χ1n) is 7.28. The van der Waals surface area contributed by atoms with Gasteiger partial charge in [0, 0.05) is 5.54 Å². The van der Waals surface area contributed by atoms with E-state index in [9.17, 15) is 14.3 Å². The minimum absolute atomic E-state index is 0.293. The first kappa shape index (κ1) is 18.4. The molecule has 5 heteroatoms. The zero-order valence-electron chi connectivity index (χ0n) is 14.0. The largest absolute Gasteiger partial charge is 0.444 e. The molecule has 0 saturated carbocycles. The van der Waals surface area contributed by atoms with Crippen molar-refractivity contribution < 1.29 is 19.0 Å². The van der Waals surface area contributed by atoms with Gasteiger partial charge < -0.3 is 9.84 Å². The SMILES string of the molecule is C=C/C(=C\C(=C)F)[C@@H](O)[C@H]1CC(C)(C)N1C(=O)OC(C)(C)C. The van der Waals surface area contributed by atoms with E-state index in [1.807, 2.05) is 13.8 Å². The van der Waals surface area contributed by atoms with Crippen LogP contribution in [0.25, 0.3) is 0 Å². The highest BCUT2D eigenvalue weighted by Crippen LogP contribution is 2.40. The molecule has 22 heavy (non-hydrogen) atoms. The van der Waals surface area contributed by atoms with E-state index in [4.69, 9.17) is 4.74 Å². The maximum atomic E-state index is 13.0. The third kappa shape index (κ3) is 4.19. The van der Waals surface area contributed by atoms with Gasteiger partial charge in [0.15, 0.2) is 0 Å². The van der Waals surface area contributed by atoms with Crippen LogP contribution in [-0.2, 0) is 4.74 Å². The molecule has 1 amide bonds. The number of hydrogen-bond acceptors (Lipinski definition) is 3. The number of aliphatic hydroxyl groups excluding tert-OH is 1. The summed E-state index contributed by atoms with van der Waals surface area (Å²) in [5.41, 5.74) is -0.753. The molecule has 124 valence electrons. The van der Waals surface area contributed by atoms with E-state index in [1.165, 1.54) is 11.0 Å². The zero-order chi connectivity index (χ0) is 17.3. The Kier molecular flexibility index (Phi) is 5.23. The number of hydrogen-bond donors (Lipinski definition) is 1. The van der Waals surface area contributed by atoms with Crippen molar-refractivity contribution in [1.82, 2.24) is 4.90 Å². The molecule has 0 aromatic carbocycles. The predicted molar refractivity (Wildman–Crippen MR) is 85.1 cm³/mol. The van der Waals surface area contributed by atoms with Gasteiger partial charge in [-0.2, -0.15) is 0 Å². The maximum Gasteiger partial charge on any atom is 0.411 e. The van der Waals surface area contributed by atoms with E-state index in [-0.39, 0.29) is 0 Å². The molecule has 1 saturated heterocycles. The number of carbonyl (C=O) groups excluding carboxylic acids is 1. The first-order valence-corrected chi connectivity index (χ1v) is 7.28. The minimum Gasteiger partial charge on any atom is -0.444 e. The summed E-state index contributed by atoms with van der Waals surface area (Å²) in [5, 5.41) is 10.4. The third-order valence-corrected chi connectivity index (χ3v) is 3.55. The number of allylic oxidation sites excluding steroid dienone is 2. The Morgan fingerprint density at radius 3 is 2.41 bits per heavy atom. The van der Waals surface area contributed by atoms with Crippen molar-refractivity contribution in [2.45, 2.75) is 64.3 Å². The molecule has 0 spiro atoms.